The van der Waals surface area contributed by atoms with E-state index in [1.807, 2.05) is 29.3 Å². The number of aliphatic hydroxyl groups excluding tert-OH is 1. The first-order chi connectivity index (χ1) is 9.58. The highest BCUT2D eigenvalue weighted by molar-refractivity contribution is 5.17. The van der Waals surface area contributed by atoms with Gasteiger partial charge in [-0.1, -0.05) is 6.92 Å². The van der Waals surface area contributed by atoms with Gasteiger partial charge < -0.3 is 5.11 Å². The molecule has 5 heteroatoms. The van der Waals surface area contributed by atoms with E-state index in [0.29, 0.717) is 6.42 Å². The third-order valence-electron chi connectivity index (χ3n) is 3.55. The van der Waals surface area contributed by atoms with E-state index in [2.05, 4.69) is 30.1 Å². The van der Waals surface area contributed by atoms with Crippen LogP contribution >= 0.6 is 0 Å². The molecule has 0 spiro atoms. The fourth-order valence-electron chi connectivity index (χ4n) is 2.52. The molecule has 0 aliphatic rings. The Hall–Kier alpha value is -1.62. The van der Waals surface area contributed by atoms with Gasteiger partial charge in [0, 0.05) is 25.2 Å². The highest BCUT2D eigenvalue weighted by atomic mass is 16.3. The minimum Gasteiger partial charge on any atom is -0.386 e. The molecule has 2 aromatic rings. The Morgan fingerprint density at radius 2 is 1.80 bits per heavy atom. The second-order valence-electron chi connectivity index (χ2n) is 5.04. The van der Waals surface area contributed by atoms with Crippen LogP contribution in [0.25, 0.3) is 0 Å². The second-order valence-corrected chi connectivity index (χ2v) is 5.04. The van der Waals surface area contributed by atoms with Crippen molar-refractivity contribution in [1.82, 2.24) is 19.6 Å². The van der Waals surface area contributed by atoms with Crippen molar-refractivity contribution in [3.63, 3.8) is 0 Å². The van der Waals surface area contributed by atoms with Crippen LogP contribution in [0.2, 0.25) is 0 Å². The zero-order chi connectivity index (χ0) is 14.7. The first-order valence-corrected chi connectivity index (χ1v) is 7.37. The standard InChI is InChI=1S/C15H24N4O/c1-5-12-9-13(18(6-2)17-12)10-15(20)14-8-11(4)16-19(14)7-3/h8-9,15,20H,5-7,10H2,1-4H3. The summed E-state index contributed by atoms with van der Waals surface area (Å²) in [5.41, 5.74) is 3.98. The molecule has 0 fully saturated rings. The van der Waals surface area contributed by atoms with Crippen LogP contribution in [0.5, 0.6) is 0 Å². The van der Waals surface area contributed by atoms with Gasteiger partial charge in [-0.2, -0.15) is 10.2 Å². The molecule has 2 rings (SSSR count). The molecular weight excluding hydrogens is 252 g/mol. The van der Waals surface area contributed by atoms with Gasteiger partial charge in [0.05, 0.1) is 17.1 Å². The van der Waals surface area contributed by atoms with E-state index in [1.54, 1.807) is 0 Å². The molecule has 5 nitrogen and oxygen atoms in total. The molecule has 2 aromatic heterocycles. The summed E-state index contributed by atoms with van der Waals surface area (Å²) in [7, 11) is 0. The van der Waals surface area contributed by atoms with E-state index in [1.165, 1.54) is 0 Å². The summed E-state index contributed by atoms with van der Waals surface area (Å²) in [5, 5.41) is 19.4. The van der Waals surface area contributed by atoms with Crippen LogP contribution in [0.1, 0.15) is 49.7 Å². The van der Waals surface area contributed by atoms with Gasteiger partial charge in [0.1, 0.15) is 6.10 Å². The summed E-state index contributed by atoms with van der Waals surface area (Å²) >= 11 is 0. The van der Waals surface area contributed by atoms with Crippen molar-refractivity contribution in [2.24, 2.45) is 0 Å². The molecule has 0 aliphatic heterocycles. The summed E-state index contributed by atoms with van der Waals surface area (Å²) in [4.78, 5) is 0. The zero-order valence-corrected chi connectivity index (χ0v) is 12.8. The van der Waals surface area contributed by atoms with Crippen LogP contribution in [0.15, 0.2) is 12.1 Å². The third-order valence-corrected chi connectivity index (χ3v) is 3.55. The molecule has 0 saturated heterocycles. The first kappa shape index (κ1) is 14.8. The van der Waals surface area contributed by atoms with Gasteiger partial charge in [-0.05, 0) is 39.3 Å². The Balaban J connectivity index is 2.22. The number of nitrogens with zero attached hydrogens (tertiary/aromatic N) is 4. The number of aromatic nitrogens is 4. The Kier molecular flexibility index (Phi) is 4.60. The predicted octanol–water partition coefficient (Wildman–Crippen LogP) is 2.27. The third kappa shape index (κ3) is 2.93. The summed E-state index contributed by atoms with van der Waals surface area (Å²) in [6, 6.07) is 4.05. The minimum atomic E-state index is -0.539. The van der Waals surface area contributed by atoms with Crippen molar-refractivity contribution in [2.45, 2.75) is 59.7 Å². The van der Waals surface area contributed by atoms with E-state index in [4.69, 9.17) is 0 Å². The summed E-state index contributed by atoms with van der Waals surface area (Å²) in [6.45, 7) is 9.75. The van der Waals surface area contributed by atoms with Gasteiger partial charge in [-0.15, -0.1) is 0 Å². The van der Waals surface area contributed by atoms with Crippen LogP contribution in [0.3, 0.4) is 0 Å². The van der Waals surface area contributed by atoms with E-state index >= 15 is 0 Å². The van der Waals surface area contributed by atoms with Gasteiger partial charge >= 0.3 is 0 Å². The maximum atomic E-state index is 10.5. The van der Waals surface area contributed by atoms with Crippen molar-refractivity contribution >= 4 is 0 Å². The van der Waals surface area contributed by atoms with Crippen molar-refractivity contribution in [1.29, 1.82) is 0 Å². The molecular formula is C15H24N4O. The lowest BCUT2D eigenvalue weighted by Crippen LogP contribution is -2.12. The summed E-state index contributed by atoms with van der Waals surface area (Å²) < 4.78 is 3.84. The van der Waals surface area contributed by atoms with Crippen molar-refractivity contribution < 1.29 is 5.11 Å². The van der Waals surface area contributed by atoms with Crippen LogP contribution in [-0.4, -0.2) is 24.7 Å². The number of hydrogen-bond donors (Lipinski definition) is 1. The molecule has 0 aliphatic carbocycles. The topological polar surface area (TPSA) is 55.9 Å². The summed E-state index contributed by atoms with van der Waals surface area (Å²) in [6.07, 6.45) is 0.955. The predicted molar refractivity (Wildman–Crippen MR) is 78.6 cm³/mol. The maximum Gasteiger partial charge on any atom is 0.101 e. The monoisotopic (exact) mass is 276 g/mol. The molecule has 0 saturated carbocycles. The molecule has 1 atom stereocenters. The maximum absolute atomic E-state index is 10.5. The van der Waals surface area contributed by atoms with Gasteiger partial charge in [0.25, 0.3) is 0 Å². The average molecular weight is 276 g/mol. The Bertz CT molecular complexity index is 570. The Labute approximate surface area is 120 Å². The van der Waals surface area contributed by atoms with E-state index in [0.717, 1.165) is 42.3 Å². The highest BCUT2D eigenvalue weighted by Gasteiger charge is 2.17. The molecule has 0 aromatic carbocycles. The number of rotatable bonds is 6. The van der Waals surface area contributed by atoms with Crippen LogP contribution < -0.4 is 0 Å². The molecule has 1 unspecified atom stereocenters. The minimum absolute atomic E-state index is 0.539. The van der Waals surface area contributed by atoms with Crippen LogP contribution in [-0.2, 0) is 25.9 Å². The van der Waals surface area contributed by atoms with Gasteiger partial charge in [0.15, 0.2) is 0 Å². The Morgan fingerprint density at radius 3 is 2.40 bits per heavy atom. The lowest BCUT2D eigenvalue weighted by Gasteiger charge is -2.13. The fourth-order valence-corrected chi connectivity index (χ4v) is 2.52. The molecule has 1 N–H and O–H groups in total. The SMILES string of the molecule is CCc1cc(CC(O)c2cc(C)nn2CC)n(CC)n1. The van der Waals surface area contributed by atoms with Crippen molar-refractivity contribution in [3.8, 4) is 0 Å². The number of aliphatic hydroxyl groups is 1. The van der Waals surface area contributed by atoms with Crippen molar-refractivity contribution in [2.75, 3.05) is 0 Å². The zero-order valence-electron chi connectivity index (χ0n) is 12.8. The second kappa shape index (κ2) is 6.22. The summed E-state index contributed by atoms with van der Waals surface area (Å²) in [5.74, 6) is 0. The fraction of sp³-hybridized carbons (Fsp3) is 0.600. The lowest BCUT2D eigenvalue weighted by molar-refractivity contribution is 0.164. The van der Waals surface area contributed by atoms with Gasteiger partial charge in [-0.3, -0.25) is 9.36 Å². The molecule has 0 amide bonds. The van der Waals surface area contributed by atoms with E-state index < -0.39 is 6.10 Å². The van der Waals surface area contributed by atoms with Crippen molar-refractivity contribution in [3.05, 3.63) is 34.9 Å². The molecule has 20 heavy (non-hydrogen) atoms. The Morgan fingerprint density at radius 1 is 1.10 bits per heavy atom. The molecule has 110 valence electrons. The average Bonchev–Trinajstić information content (AvgIpc) is 3.01. The number of hydrogen-bond acceptors (Lipinski definition) is 3. The van der Waals surface area contributed by atoms with Crippen LogP contribution in [0.4, 0.5) is 0 Å². The quantitative estimate of drug-likeness (QED) is 0.880. The van der Waals surface area contributed by atoms with Gasteiger partial charge in [0.2, 0.25) is 0 Å². The number of aryl methyl sites for hydroxylation is 4. The smallest absolute Gasteiger partial charge is 0.101 e. The largest absolute Gasteiger partial charge is 0.386 e. The van der Waals surface area contributed by atoms with E-state index in [-0.39, 0.29) is 0 Å². The molecule has 2 heterocycles. The lowest BCUT2D eigenvalue weighted by atomic mass is 10.1. The molecule has 0 radical (unpaired) electrons. The highest BCUT2D eigenvalue weighted by Crippen LogP contribution is 2.20. The first-order valence-electron chi connectivity index (χ1n) is 7.37. The van der Waals surface area contributed by atoms with Gasteiger partial charge in [-0.25, -0.2) is 0 Å². The van der Waals surface area contributed by atoms with Crippen LogP contribution in [0, 0.1) is 6.92 Å². The van der Waals surface area contributed by atoms with E-state index in [9.17, 15) is 5.11 Å². The molecule has 0 bridgehead atoms. The normalized spacial score (nSPS) is 12.8.